The van der Waals surface area contributed by atoms with Gasteiger partial charge in [0.1, 0.15) is 0 Å². The van der Waals surface area contributed by atoms with Gasteiger partial charge in [0.15, 0.2) is 0 Å². The van der Waals surface area contributed by atoms with E-state index in [1.807, 2.05) is 84.9 Å². The highest BCUT2D eigenvalue weighted by atomic mass is 14.1. The molecule has 0 amide bonds. The van der Waals surface area contributed by atoms with E-state index in [0.29, 0.717) is 0 Å². The molecule has 0 saturated heterocycles. The summed E-state index contributed by atoms with van der Waals surface area (Å²) < 4.78 is 0. The Bertz CT molecular complexity index is 2140. The third kappa shape index (κ3) is 8.04. The van der Waals surface area contributed by atoms with E-state index in [4.69, 9.17) is 0 Å². The lowest BCUT2D eigenvalue weighted by Gasteiger charge is -2.13. The molecule has 0 fully saturated rings. The summed E-state index contributed by atoms with van der Waals surface area (Å²) in [5, 5.41) is 0. The number of benzene rings is 6. The molecule has 0 unspecified atom stereocenters. The molecular formula is C48H32. The molecular weight excluding hydrogens is 577 g/mol. The van der Waals surface area contributed by atoms with Crippen molar-refractivity contribution in [2.45, 2.75) is 25.7 Å². The highest BCUT2D eigenvalue weighted by molar-refractivity contribution is 5.53. The van der Waals surface area contributed by atoms with Crippen LogP contribution in [0.25, 0.3) is 0 Å². The molecule has 0 heterocycles. The van der Waals surface area contributed by atoms with E-state index in [0.717, 1.165) is 70.2 Å². The van der Waals surface area contributed by atoms with Crippen molar-refractivity contribution in [3.05, 3.63) is 212 Å². The molecule has 6 aromatic rings. The van der Waals surface area contributed by atoms with Gasteiger partial charge in [-0.3, -0.25) is 0 Å². The second kappa shape index (κ2) is 14.8. The molecule has 0 saturated carbocycles. The molecule has 0 aliphatic heterocycles. The molecule has 4 aliphatic rings. The molecule has 224 valence electrons. The largest absolute Gasteiger partial charge is 0.0622 e. The summed E-state index contributed by atoms with van der Waals surface area (Å²) in [6, 6.07) is 50.2. The number of aryl methyl sites for hydroxylation is 4. The number of hydrogen-bond acceptors (Lipinski definition) is 0. The Balaban J connectivity index is 1.08. The van der Waals surface area contributed by atoms with Gasteiger partial charge in [-0.15, -0.1) is 0 Å². The van der Waals surface area contributed by atoms with Crippen molar-refractivity contribution >= 4 is 0 Å². The molecule has 0 atom stereocenters. The highest BCUT2D eigenvalue weighted by Gasteiger charge is 2.10. The smallest absolute Gasteiger partial charge is 0.0283 e. The van der Waals surface area contributed by atoms with Crippen LogP contribution in [0.15, 0.2) is 146 Å². The van der Waals surface area contributed by atoms with Crippen molar-refractivity contribution in [3.63, 3.8) is 0 Å². The van der Waals surface area contributed by atoms with Crippen molar-refractivity contribution in [2.24, 2.45) is 0 Å². The van der Waals surface area contributed by atoms with Gasteiger partial charge in [-0.25, -0.2) is 0 Å². The normalized spacial score (nSPS) is 11.2. The molecule has 0 nitrogen and oxygen atoms in total. The third-order valence-corrected chi connectivity index (χ3v) is 8.42. The second-order valence-electron chi connectivity index (χ2n) is 11.9. The first-order valence-corrected chi connectivity index (χ1v) is 16.4. The first-order valence-electron chi connectivity index (χ1n) is 16.4. The Morgan fingerprint density at radius 2 is 0.583 bits per heavy atom. The molecule has 0 spiro atoms. The molecule has 4 bridgehead atoms. The van der Waals surface area contributed by atoms with Crippen molar-refractivity contribution in [2.75, 3.05) is 0 Å². The molecule has 48 heavy (non-hydrogen) atoms. The molecule has 10 rings (SSSR count). The van der Waals surface area contributed by atoms with Crippen molar-refractivity contribution < 1.29 is 0 Å². The average molecular weight is 609 g/mol. The van der Waals surface area contributed by atoms with Crippen LogP contribution in [-0.4, -0.2) is 0 Å². The summed E-state index contributed by atoms with van der Waals surface area (Å²) in [6.07, 6.45) is 3.73. The zero-order valence-electron chi connectivity index (χ0n) is 26.7. The SMILES string of the molecule is C(#Cc1ccc(C#Cc2cc3ccc2CCc2ccc(cc2C#Cc2ccc(C#Cc4ccccc4)cc2)CC3)cc1)c1ccccc1. The lowest BCUT2D eigenvalue weighted by molar-refractivity contribution is 0.915. The first-order chi connectivity index (χ1) is 23.7. The van der Waals surface area contributed by atoms with Gasteiger partial charge in [-0.2, -0.15) is 0 Å². The van der Waals surface area contributed by atoms with E-state index in [1.165, 1.54) is 22.3 Å². The molecule has 0 heteroatoms. The van der Waals surface area contributed by atoms with Crippen LogP contribution in [0.2, 0.25) is 0 Å². The van der Waals surface area contributed by atoms with Crippen LogP contribution in [0.4, 0.5) is 0 Å². The molecule has 0 aromatic heterocycles. The van der Waals surface area contributed by atoms with Gasteiger partial charge in [0.25, 0.3) is 0 Å². The van der Waals surface area contributed by atoms with Crippen molar-refractivity contribution in [3.8, 4) is 47.4 Å². The van der Waals surface area contributed by atoms with Gasteiger partial charge in [0.2, 0.25) is 0 Å². The van der Waals surface area contributed by atoms with Crippen LogP contribution in [-0.2, 0) is 25.7 Å². The fraction of sp³-hybridized carbons (Fsp3) is 0.0833. The average Bonchev–Trinajstić information content (AvgIpc) is 3.14. The Morgan fingerprint density at radius 3 is 0.938 bits per heavy atom. The number of rotatable bonds is 0. The second-order valence-corrected chi connectivity index (χ2v) is 11.9. The molecule has 0 N–H and O–H groups in total. The standard InChI is InChI=1S/C48H32/c1-3-7-37(8-4-1)11-13-39-15-19-41(20-16-39)25-31-47-35-43-23-24-44-28-30-46(34-33-45(47)29-27-43)48(36-44)32-26-42-21-17-40(18-22-42)14-12-38-9-5-2-6-10-38/h1-10,15-22,27-30,35-36H,23-24,33-34H2. The van der Waals surface area contributed by atoms with Crippen LogP contribution < -0.4 is 0 Å². The van der Waals surface area contributed by atoms with Gasteiger partial charge < -0.3 is 0 Å². The zero-order valence-corrected chi connectivity index (χ0v) is 26.7. The van der Waals surface area contributed by atoms with Crippen LogP contribution in [0.1, 0.15) is 66.8 Å². The van der Waals surface area contributed by atoms with Gasteiger partial charge in [0, 0.05) is 44.5 Å². The molecule has 6 aromatic carbocycles. The van der Waals surface area contributed by atoms with Gasteiger partial charge in [-0.1, -0.05) is 108 Å². The fourth-order valence-corrected chi connectivity index (χ4v) is 5.67. The van der Waals surface area contributed by atoms with E-state index in [1.54, 1.807) is 0 Å². The highest BCUT2D eigenvalue weighted by Crippen LogP contribution is 2.21. The lowest BCUT2D eigenvalue weighted by Crippen LogP contribution is -2.02. The Labute approximate surface area is 284 Å². The monoisotopic (exact) mass is 608 g/mol. The minimum Gasteiger partial charge on any atom is -0.0622 e. The summed E-state index contributed by atoms with van der Waals surface area (Å²) >= 11 is 0. The van der Waals surface area contributed by atoms with Crippen LogP contribution in [0.3, 0.4) is 0 Å². The summed E-state index contributed by atoms with van der Waals surface area (Å²) in [5.41, 5.74) is 13.3. The summed E-state index contributed by atoms with van der Waals surface area (Å²) in [6.45, 7) is 0. The van der Waals surface area contributed by atoms with Crippen molar-refractivity contribution in [1.29, 1.82) is 0 Å². The van der Waals surface area contributed by atoms with Crippen LogP contribution >= 0.6 is 0 Å². The quantitative estimate of drug-likeness (QED) is 0.151. The summed E-state index contributed by atoms with van der Waals surface area (Å²) in [7, 11) is 0. The topological polar surface area (TPSA) is 0 Å². The van der Waals surface area contributed by atoms with Crippen LogP contribution in [0.5, 0.6) is 0 Å². The molecule has 0 radical (unpaired) electrons. The lowest BCUT2D eigenvalue weighted by atomic mass is 9.91. The van der Waals surface area contributed by atoms with Crippen molar-refractivity contribution in [1.82, 2.24) is 0 Å². The predicted molar refractivity (Wildman–Crippen MR) is 197 cm³/mol. The summed E-state index contributed by atoms with van der Waals surface area (Å²) in [4.78, 5) is 0. The first kappa shape index (κ1) is 30.2. The summed E-state index contributed by atoms with van der Waals surface area (Å²) in [5.74, 6) is 26.8. The van der Waals surface area contributed by atoms with Crippen LogP contribution in [0, 0.1) is 47.4 Å². The van der Waals surface area contributed by atoms with Gasteiger partial charge in [0.05, 0.1) is 0 Å². The van der Waals surface area contributed by atoms with Gasteiger partial charge in [-0.05, 0) is 133 Å². The van der Waals surface area contributed by atoms with E-state index >= 15 is 0 Å². The predicted octanol–water partition coefficient (Wildman–Crippen LogP) is 9.17. The maximum atomic E-state index is 3.50. The van der Waals surface area contributed by atoms with E-state index < -0.39 is 0 Å². The van der Waals surface area contributed by atoms with E-state index in [-0.39, 0.29) is 0 Å². The number of hydrogen-bond donors (Lipinski definition) is 0. The maximum Gasteiger partial charge on any atom is 0.0283 e. The minimum atomic E-state index is 0.904. The van der Waals surface area contributed by atoms with Gasteiger partial charge >= 0.3 is 0 Å². The Hall–Kier alpha value is -6.44. The maximum absolute atomic E-state index is 3.50. The van der Waals surface area contributed by atoms with E-state index in [2.05, 4.69) is 108 Å². The fourth-order valence-electron chi connectivity index (χ4n) is 5.67. The van der Waals surface area contributed by atoms with E-state index in [9.17, 15) is 0 Å². The Morgan fingerprint density at radius 1 is 0.271 bits per heavy atom. The minimum absolute atomic E-state index is 0.904. The Kier molecular flexibility index (Phi) is 9.30. The third-order valence-electron chi connectivity index (χ3n) is 8.42. The molecule has 4 aliphatic carbocycles. The zero-order chi connectivity index (χ0) is 32.4.